The molecule has 0 aromatic carbocycles. The summed E-state index contributed by atoms with van der Waals surface area (Å²) in [6.45, 7) is 9.20. The zero-order valence-corrected chi connectivity index (χ0v) is 16.0. The summed E-state index contributed by atoms with van der Waals surface area (Å²) in [5.41, 5.74) is 4.61. The van der Waals surface area contributed by atoms with Crippen molar-refractivity contribution in [2.45, 2.75) is 103 Å². The lowest BCUT2D eigenvalue weighted by Gasteiger charge is -2.29. The van der Waals surface area contributed by atoms with Crippen molar-refractivity contribution >= 4 is 11.9 Å². The second-order valence-corrected chi connectivity index (χ2v) is 6.81. The molecular weight excluding hydrogens is 302 g/mol. The first-order valence-corrected chi connectivity index (χ1v) is 9.58. The van der Waals surface area contributed by atoms with Crippen molar-refractivity contribution in [2.24, 2.45) is 5.73 Å². The summed E-state index contributed by atoms with van der Waals surface area (Å²) in [5.74, 6) is -1.10. The predicted molar refractivity (Wildman–Crippen MR) is 99.6 cm³/mol. The molecular formula is C20H37NO3. The van der Waals surface area contributed by atoms with Gasteiger partial charge in [-0.05, 0) is 26.2 Å². The molecule has 4 nitrogen and oxygen atoms in total. The molecule has 1 amide bonds. The summed E-state index contributed by atoms with van der Waals surface area (Å²) < 4.78 is 5.38. The summed E-state index contributed by atoms with van der Waals surface area (Å²) in [6.07, 6.45) is 13.1. The molecule has 0 fully saturated rings. The maximum Gasteiger partial charge on any atom is 0.334 e. The monoisotopic (exact) mass is 339 g/mol. The van der Waals surface area contributed by atoms with Gasteiger partial charge in [-0.3, -0.25) is 4.79 Å². The molecule has 0 aromatic rings. The van der Waals surface area contributed by atoms with Crippen molar-refractivity contribution < 1.29 is 14.3 Å². The second-order valence-electron chi connectivity index (χ2n) is 6.81. The van der Waals surface area contributed by atoms with Crippen molar-refractivity contribution in [3.63, 3.8) is 0 Å². The molecule has 0 saturated carbocycles. The third-order valence-corrected chi connectivity index (χ3v) is 4.59. The van der Waals surface area contributed by atoms with E-state index in [1.54, 1.807) is 6.92 Å². The fourth-order valence-electron chi connectivity index (χ4n) is 2.81. The number of carbonyl (C=O) groups excluding carboxylic acids is 2. The van der Waals surface area contributed by atoms with Crippen LogP contribution < -0.4 is 5.73 Å². The van der Waals surface area contributed by atoms with Crippen LogP contribution in [0.4, 0.5) is 0 Å². The van der Waals surface area contributed by atoms with Crippen molar-refractivity contribution in [1.82, 2.24) is 0 Å². The first-order valence-electron chi connectivity index (χ1n) is 9.58. The van der Waals surface area contributed by atoms with Crippen LogP contribution in [-0.2, 0) is 14.3 Å². The molecule has 0 aliphatic rings. The zero-order valence-electron chi connectivity index (χ0n) is 16.0. The number of carbonyl (C=O) groups is 2. The Morgan fingerprint density at radius 3 is 1.75 bits per heavy atom. The average molecular weight is 340 g/mol. The van der Waals surface area contributed by atoms with E-state index in [2.05, 4.69) is 13.5 Å². The van der Waals surface area contributed by atoms with E-state index < -0.39 is 17.5 Å². The van der Waals surface area contributed by atoms with Crippen molar-refractivity contribution in [2.75, 3.05) is 0 Å². The molecule has 1 atom stereocenters. The van der Waals surface area contributed by atoms with Crippen LogP contribution in [0.3, 0.4) is 0 Å². The normalized spacial score (nSPS) is 13.3. The number of ether oxygens (including phenoxy) is 1. The first kappa shape index (κ1) is 22.7. The number of hydrogen-bond donors (Lipinski definition) is 1. The molecule has 0 radical (unpaired) electrons. The lowest BCUT2D eigenvalue weighted by atomic mass is 9.91. The Kier molecular flexibility index (Phi) is 12.3. The predicted octanol–water partition coefficient (Wildman–Crippen LogP) is 5.05. The SMILES string of the molecule is C=C(C)C(=O)OC(CC)(CCCCCCCCCCCC)C(N)=O. The molecule has 0 heterocycles. The maximum atomic E-state index is 11.8. The zero-order chi connectivity index (χ0) is 18.4. The van der Waals surface area contributed by atoms with E-state index in [1.165, 1.54) is 44.9 Å². The largest absolute Gasteiger partial charge is 0.446 e. The number of rotatable bonds is 15. The Morgan fingerprint density at radius 2 is 1.38 bits per heavy atom. The molecule has 140 valence electrons. The van der Waals surface area contributed by atoms with Gasteiger partial charge in [0, 0.05) is 5.57 Å². The summed E-state index contributed by atoms with van der Waals surface area (Å²) in [5, 5.41) is 0. The number of esters is 1. The fraction of sp³-hybridized carbons (Fsp3) is 0.800. The summed E-state index contributed by atoms with van der Waals surface area (Å²) in [4.78, 5) is 23.6. The first-order chi connectivity index (χ1) is 11.4. The van der Waals surface area contributed by atoms with E-state index in [0.717, 1.165) is 19.3 Å². The highest BCUT2D eigenvalue weighted by molar-refractivity contribution is 5.92. The van der Waals surface area contributed by atoms with Crippen molar-refractivity contribution in [3.05, 3.63) is 12.2 Å². The number of hydrogen-bond acceptors (Lipinski definition) is 3. The lowest BCUT2D eigenvalue weighted by molar-refractivity contribution is -0.165. The van der Waals surface area contributed by atoms with Gasteiger partial charge in [0.2, 0.25) is 0 Å². The number of primary amides is 1. The Labute approximate surface area is 148 Å². The van der Waals surface area contributed by atoms with Gasteiger partial charge in [0.05, 0.1) is 0 Å². The molecule has 0 rings (SSSR count). The number of amides is 1. The molecule has 0 aromatic heterocycles. The van der Waals surface area contributed by atoms with Gasteiger partial charge in [-0.15, -0.1) is 0 Å². The Balaban J connectivity index is 4.06. The van der Waals surface area contributed by atoms with Gasteiger partial charge in [-0.25, -0.2) is 4.79 Å². The van der Waals surface area contributed by atoms with Crippen LogP contribution in [0.15, 0.2) is 12.2 Å². The summed E-state index contributed by atoms with van der Waals surface area (Å²) in [7, 11) is 0. The van der Waals surface area contributed by atoms with Gasteiger partial charge in [-0.1, -0.05) is 78.2 Å². The molecule has 24 heavy (non-hydrogen) atoms. The fourth-order valence-corrected chi connectivity index (χ4v) is 2.81. The smallest absolute Gasteiger partial charge is 0.334 e. The van der Waals surface area contributed by atoms with Crippen LogP contribution in [0, 0.1) is 0 Å². The van der Waals surface area contributed by atoms with Crippen molar-refractivity contribution in [1.29, 1.82) is 0 Å². The van der Waals surface area contributed by atoms with E-state index >= 15 is 0 Å². The molecule has 0 spiro atoms. The Morgan fingerprint density at radius 1 is 0.917 bits per heavy atom. The Hall–Kier alpha value is -1.32. The topological polar surface area (TPSA) is 69.4 Å². The quantitative estimate of drug-likeness (QED) is 0.258. The van der Waals surface area contributed by atoms with E-state index in [9.17, 15) is 9.59 Å². The van der Waals surface area contributed by atoms with Crippen LogP contribution in [0.1, 0.15) is 97.8 Å². The third-order valence-electron chi connectivity index (χ3n) is 4.59. The molecule has 4 heteroatoms. The molecule has 0 saturated heterocycles. The van der Waals surface area contributed by atoms with Gasteiger partial charge in [-0.2, -0.15) is 0 Å². The Bertz CT molecular complexity index is 392. The number of unbranched alkanes of at least 4 members (excludes halogenated alkanes) is 9. The van der Waals surface area contributed by atoms with E-state index in [4.69, 9.17) is 10.5 Å². The number of nitrogens with two attached hydrogens (primary N) is 1. The van der Waals surface area contributed by atoms with Crippen molar-refractivity contribution in [3.8, 4) is 0 Å². The highest BCUT2D eigenvalue weighted by Gasteiger charge is 2.38. The maximum absolute atomic E-state index is 11.8. The second kappa shape index (κ2) is 13.0. The highest BCUT2D eigenvalue weighted by atomic mass is 16.6. The van der Waals surface area contributed by atoms with Crippen LogP contribution in [0.25, 0.3) is 0 Å². The van der Waals surface area contributed by atoms with Crippen LogP contribution in [0.5, 0.6) is 0 Å². The molecule has 1 unspecified atom stereocenters. The standard InChI is InChI=1S/C20H37NO3/c1-5-7-8-9-10-11-12-13-14-15-16-20(6-2,19(21)23)24-18(22)17(3)4/h3,5-16H2,1-2,4H3,(H2,21,23). The van der Waals surface area contributed by atoms with Gasteiger partial charge in [0.1, 0.15) is 0 Å². The lowest BCUT2D eigenvalue weighted by Crippen LogP contribution is -2.47. The van der Waals surface area contributed by atoms with E-state index in [0.29, 0.717) is 12.8 Å². The molecule has 0 bridgehead atoms. The van der Waals surface area contributed by atoms with Gasteiger partial charge in [0.15, 0.2) is 5.60 Å². The van der Waals surface area contributed by atoms with Crippen LogP contribution >= 0.6 is 0 Å². The van der Waals surface area contributed by atoms with Crippen LogP contribution in [0.2, 0.25) is 0 Å². The average Bonchev–Trinajstić information content (AvgIpc) is 2.54. The highest BCUT2D eigenvalue weighted by Crippen LogP contribution is 2.25. The molecule has 0 aliphatic heterocycles. The van der Waals surface area contributed by atoms with Crippen LogP contribution in [-0.4, -0.2) is 17.5 Å². The van der Waals surface area contributed by atoms with Gasteiger partial charge in [0.25, 0.3) is 5.91 Å². The molecule has 2 N–H and O–H groups in total. The van der Waals surface area contributed by atoms with Gasteiger partial charge >= 0.3 is 5.97 Å². The third kappa shape index (κ3) is 9.09. The summed E-state index contributed by atoms with van der Waals surface area (Å²) >= 11 is 0. The molecule has 0 aliphatic carbocycles. The summed E-state index contributed by atoms with van der Waals surface area (Å²) in [6, 6.07) is 0. The minimum Gasteiger partial charge on any atom is -0.446 e. The minimum atomic E-state index is -1.18. The minimum absolute atomic E-state index is 0.289. The van der Waals surface area contributed by atoms with E-state index in [1.807, 2.05) is 6.92 Å². The van der Waals surface area contributed by atoms with Gasteiger partial charge < -0.3 is 10.5 Å². The van der Waals surface area contributed by atoms with E-state index in [-0.39, 0.29) is 5.57 Å².